The highest BCUT2D eigenvalue weighted by atomic mass is 127. The maximum Gasteiger partial charge on any atom is 0.336 e. The fourth-order valence-corrected chi connectivity index (χ4v) is 3.86. The number of carbonyl (C=O) groups is 1. The quantitative estimate of drug-likeness (QED) is 0.401. The molecule has 4 aromatic rings. The second kappa shape index (κ2) is 7.01. The van der Waals surface area contributed by atoms with Crippen LogP contribution >= 0.6 is 22.6 Å². The van der Waals surface area contributed by atoms with Crippen LogP contribution in [0.3, 0.4) is 0 Å². The molecule has 0 bridgehead atoms. The van der Waals surface area contributed by atoms with E-state index in [1.807, 2.05) is 43.7 Å². The van der Waals surface area contributed by atoms with Gasteiger partial charge in [-0.25, -0.2) is 14.5 Å². The van der Waals surface area contributed by atoms with Crippen molar-refractivity contribution in [2.45, 2.75) is 20.8 Å². The molecule has 0 spiro atoms. The number of aryl methyl sites for hydroxylation is 2. The number of halogens is 1. The van der Waals surface area contributed by atoms with Gasteiger partial charge in [-0.05, 0) is 84.8 Å². The Hall–Kier alpha value is -2.74. The highest BCUT2D eigenvalue weighted by Gasteiger charge is 2.17. The Labute approximate surface area is 176 Å². The summed E-state index contributed by atoms with van der Waals surface area (Å²) in [5.41, 5.74) is 6.55. The summed E-state index contributed by atoms with van der Waals surface area (Å²) in [7, 11) is 0. The Bertz CT molecular complexity index is 1240. The van der Waals surface area contributed by atoms with Gasteiger partial charge in [-0.1, -0.05) is 12.1 Å². The number of nitrogens with zero attached hydrogens (tertiary/aromatic N) is 3. The van der Waals surface area contributed by atoms with Crippen molar-refractivity contribution in [3.63, 3.8) is 0 Å². The van der Waals surface area contributed by atoms with Crippen LogP contribution in [-0.2, 0) is 0 Å². The van der Waals surface area contributed by atoms with Gasteiger partial charge in [0.2, 0.25) is 0 Å². The second-order valence-corrected chi connectivity index (χ2v) is 8.11. The number of aromatic nitrogens is 3. The fraction of sp³-hybridized carbons (Fsp3) is 0.136. The fourth-order valence-electron chi connectivity index (χ4n) is 3.36. The molecule has 0 radical (unpaired) electrons. The largest absolute Gasteiger partial charge is 0.478 e. The number of benzene rings is 2. The minimum Gasteiger partial charge on any atom is -0.478 e. The van der Waals surface area contributed by atoms with Crippen molar-refractivity contribution < 1.29 is 9.90 Å². The van der Waals surface area contributed by atoms with E-state index in [1.54, 1.807) is 12.3 Å². The number of hydrogen-bond donors (Lipinski definition) is 1. The molecule has 0 fully saturated rings. The van der Waals surface area contributed by atoms with E-state index < -0.39 is 5.97 Å². The number of carboxylic acid groups (broad SMARTS) is 1. The van der Waals surface area contributed by atoms with Gasteiger partial charge < -0.3 is 5.11 Å². The first kappa shape index (κ1) is 18.6. The highest BCUT2D eigenvalue weighted by Crippen LogP contribution is 2.29. The predicted octanol–water partition coefficient (Wildman–Crippen LogP) is 5.32. The molecule has 2 aromatic carbocycles. The summed E-state index contributed by atoms with van der Waals surface area (Å²) in [4.78, 5) is 16.6. The van der Waals surface area contributed by atoms with Crippen molar-refractivity contribution in [1.82, 2.24) is 14.8 Å². The summed E-state index contributed by atoms with van der Waals surface area (Å²) < 4.78 is 2.86. The van der Waals surface area contributed by atoms with Gasteiger partial charge in [0.1, 0.15) is 0 Å². The van der Waals surface area contributed by atoms with Gasteiger partial charge in [0.05, 0.1) is 34.4 Å². The lowest BCUT2D eigenvalue weighted by atomic mass is 10.0. The standard InChI is InChI=1S/C22H18IN3O2/c1-12-4-5-13(2)21(8-12)26-14(3)18(11-24-26)20-10-17(22(27)28)16-9-15(23)6-7-19(16)25-20/h4-11H,1-3H3,(H,27,28). The zero-order valence-corrected chi connectivity index (χ0v) is 17.9. The van der Waals surface area contributed by atoms with E-state index in [0.29, 0.717) is 16.6 Å². The minimum absolute atomic E-state index is 0.248. The number of rotatable bonds is 3. The van der Waals surface area contributed by atoms with Gasteiger partial charge in [-0.2, -0.15) is 5.10 Å². The highest BCUT2D eigenvalue weighted by molar-refractivity contribution is 14.1. The van der Waals surface area contributed by atoms with Crippen molar-refractivity contribution in [2.24, 2.45) is 0 Å². The molecule has 0 aliphatic carbocycles. The van der Waals surface area contributed by atoms with Crippen LogP contribution in [0.4, 0.5) is 0 Å². The lowest BCUT2D eigenvalue weighted by Crippen LogP contribution is -2.03. The van der Waals surface area contributed by atoms with E-state index in [4.69, 9.17) is 4.98 Å². The van der Waals surface area contributed by atoms with Crippen molar-refractivity contribution in [2.75, 3.05) is 0 Å². The molecule has 4 rings (SSSR count). The summed E-state index contributed by atoms with van der Waals surface area (Å²) in [6, 6.07) is 13.5. The molecule has 2 heterocycles. The lowest BCUT2D eigenvalue weighted by Gasteiger charge is -2.11. The predicted molar refractivity (Wildman–Crippen MR) is 118 cm³/mol. The van der Waals surface area contributed by atoms with Crippen molar-refractivity contribution in [3.8, 4) is 16.9 Å². The van der Waals surface area contributed by atoms with Gasteiger partial charge in [0.25, 0.3) is 0 Å². The molecule has 1 N–H and O–H groups in total. The van der Waals surface area contributed by atoms with E-state index in [-0.39, 0.29) is 5.56 Å². The number of pyridine rings is 1. The number of hydrogen-bond acceptors (Lipinski definition) is 3. The Morgan fingerprint density at radius 2 is 1.86 bits per heavy atom. The number of carboxylic acids is 1. The molecule has 140 valence electrons. The molecule has 0 saturated carbocycles. The average Bonchev–Trinajstić information content (AvgIpc) is 3.04. The molecule has 0 amide bonds. The Balaban J connectivity index is 1.92. The van der Waals surface area contributed by atoms with Gasteiger partial charge in [0.15, 0.2) is 0 Å². The summed E-state index contributed by atoms with van der Waals surface area (Å²) >= 11 is 2.17. The molecule has 0 saturated heterocycles. The monoisotopic (exact) mass is 483 g/mol. The zero-order valence-electron chi connectivity index (χ0n) is 15.7. The summed E-state index contributed by atoms with van der Waals surface area (Å²) in [6.07, 6.45) is 1.75. The first-order valence-electron chi connectivity index (χ1n) is 8.81. The van der Waals surface area contributed by atoms with Crippen molar-refractivity contribution in [1.29, 1.82) is 0 Å². The van der Waals surface area contributed by atoms with Crippen LogP contribution in [0, 0.1) is 24.3 Å². The smallest absolute Gasteiger partial charge is 0.336 e. The van der Waals surface area contributed by atoms with E-state index in [0.717, 1.165) is 31.6 Å². The molecule has 0 atom stereocenters. The topological polar surface area (TPSA) is 68.0 Å². The molecule has 0 aliphatic heterocycles. The van der Waals surface area contributed by atoms with Gasteiger partial charge in [0, 0.05) is 14.5 Å². The van der Waals surface area contributed by atoms with Crippen LogP contribution < -0.4 is 0 Å². The summed E-state index contributed by atoms with van der Waals surface area (Å²) in [6.45, 7) is 6.08. The van der Waals surface area contributed by atoms with Gasteiger partial charge in [-0.15, -0.1) is 0 Å². The minimum atomic E-state index is -0.963. The van der Waals surface area contributed by atoms with Crippen molar-refractivity contribution >= 4 is 39.5 Å². The molecule has 6 heteroatoms. The van der Waals surface area contributed by atoms with Crippen molar-refractivity contribution in [3.05, 3.63) is 74.6 Å². The first-order valence-corrected chi connectivity index (χ1v) is 9.89. The van der Waals surface area contributed by atoms with Gasteiger partial charge in [-0.3, -0.25) is 0 Å². The maximum absolute atomic E-state index is 11.9. The number of fused-ring (bicyclic) bond motifs is 1. The van der Waals surface area contributed by atoms with E-state index >= 15 is 0 Å². The first-order chi connectivity index (χ1) is 13.3. The second-order valence-electron chi connectivity index (χ2n) is 6.87. The Morgan fingerprint density at radius 1 is 1.07 bits per heavy atom. The third-order valence-corrected chi connectivity index (χ3v) is 5.55. The van der Waals surface area contributed by atoms with Crippen LogP contribution in [-0.4, -0.2) is 25.8 Å². The van der Waals surface area contributed by atoms with E-state index in [1.165, 1.54) is 0 Å². The molecule has 2 aromatic heterocycles. The third-order valence-electron chi connectivity index (χ3n) is 4.88. The Morgan fingerprint density at radius 3 is 2.61 bits per heavy atom. The van der Waals surface area contributed by atoms with E-state index in [2.05, 4.69) is 45.9 Å². The van der Waals surface area contributed by atoms with E-state index in [9.17, 15) is 9.90 Å². The van der Waals surface area contributed by atoms with Crippen LogP contribution in [0.1, 0.15) is 27.2 Å². The molecular formula is C22H18IN3O2. The van der Waals surface area contributed by atoms with Crippen LogP contribution in [0.15, 0.2) is 48.7 Å². The molecule has 0 unspecified atom stereocenters. The molecule has 28 heavy (non-hydrogen) atoms. The normalized spacial score (nSPS) is 11.1. The SMILES string of the molecule is Cc1ccc(C)c(-n2ncc(-c3cc(C(=O)O)c4cc(I)ccc4n3)c2C)c1. The maximum atomic E-state index is 11.9. The molecule has 0 aliphatic rings. The zero-order chi connectivity index (χ0) is 20.0. The third kappa shape index (κ3) is 3.17. The van der Waals surface area contributed by atoms with Gasteiger partial charge >= 0.3 is 5.97 Å². The van der Waals surface area contributed by atoms with Crippen LogP contribution in [0.25, 0.3) is 27.8 Å². The van der Waals surface area contributed by atoms with Crippen LogP contribution in [0.5, 0.6) is 0 Å². The Kier molecular flexibility index (Phi) is 4.66. The lowest BCUT2D eigenvalue weighted by molar-refractivity contribution is 0.0699. The van der Waals surface area contributed by atoms with Crippen LogP contribution in [0.2, 0.25) is 0 Å². The molecule has 5 nitrogen and oxygen atoms in total. The summed E-state index contributed by atoms with van der Waals surface area (Å²) in [5, 5.41) is 14.9. The molecular weight excluding hydrogens is 465 g/mol. The summed E-state index contributed by atoms with van der Waals surface area (Å²) in [5.74, 6) is -0.963. The average molecular weight is 483 g/mol. The number of aromatic carboxylic acids is 1.